The third-order valence-electron chi connectivity index (χ3n) is 3.70. The van der Waals surface area contributed by atoms with E-state index in [1.54, 1.807) is 0 Å². The molecule has 96 valence electrons. The Morgan fingerprint density at radius 2 is 1.47 bits per heavy atom. The highest BCUT2D eigenvalue weighted by Gasteiger charge is 2.29. The molecule has 1 aromatic carbocycles. The van der Waals surface area contributed by atoms with Crippen molar-refractivity contribution in [2.75, 3.05) is 6.54 Å². The van der Waals surface area contributed by atoms with Gasteiger partial charge in [-0.05, 0) is 39.2 Å². The van der Waals surface area contributed by atoms with Crippen LogP contribution in [0, 0.1) is 0 Å². The zero-order chi connectivity index (χ0) is 12.9. The van der Waals surface area contributed by atoms with Gasteiger partial charge < -0.3 is 5.32 Å². The predicted octanol–water partition coefficient (Wildman–Crippen LogP) is 4.13. The molecule has 0 amide bonds. The van der Waals surface area contributed by atoms with E-state index in [0.717, 1.165) is 6.54 Å². The highest BCUT2D eigenvalue weighted by molar-refractivity contribution is 5.25. The van der Waals surface area contributed by atoms with Crippen LogP contribution in [0.15, 0.2) is 30.3 Å². The van der Waals surface area contributed by atoms with Crippen LogP contribution >= 0.6 is 0 Å². The van der Waals surface area contributed by atoms with Gasteiger partial charge in [0.1, 0.15) is 0 Å². The minimum absolute atomic E-state index is 0.185. The first-order valence-corrected chi connectivity index (χ1v) is 6.74. The molecule has 0 fully saturated rings. The van der Waals surface area contributed by atoms with Gasteiger partial charge in [0.25, 0.3) is 0 Å². The van der Waals surface area contributed by atoms with Crippen LogP contribution in [-0.4, -0.2) is 12.1 Å². The average Bonchev–Trinajstić information content (AvgIpc) is 2.31. The molecule has 0 radical (unpaired) electrons. The van der Waals surface area contributed by atoms with Gasteiger partial charge in [0, 0.05) is 17.5 Å². The second-order valence-corrected chi connectivity index (χ2v) is 5.96. The summed E-state index contributed by atoms with van der Waals surface area (Å²) in [6.45, 7) is 12.3. The fraction of sp³-hybridized carbons (Fsp3) is 0.625. The van der Waals surface area contributed by atoms with Crippen molar-refractivity contribution in [3.63, 3.8) is 0 Å². The predicted molar refractivity (Wildman–Crippen MR) is 76.5 cm³/mol. The lowest BCUT2D eigenvalue weighted by Crippen LogP contribution is -2.45. The van der Waals surface area contributed by atoms with E-state index < -0.39 is 0 Å². The van der Waals surface area contributed by atoms with Crippen LogP contribution in [-0.2, 0) is 5.41 Å². The van der Waals surface area contributed by atoms with Crippen molar-refractivity contribution in [2.24, 2.45) is 0 Å². The lowest BCUT2D eigenvalue weighted by molar-refractivity contribution is 0.313. The van der Waals surface area contributed by atoms with E-state index in [1.165, 1.54) is 18.4 Å². The molecule has 0 heterocycles. The lowest BCUT2D eigenvalue weighted by atomic mass is 9.75. The van der Waals surface area contributed by atoms with E-state index in [-0.39, 0.29) is 11.0 Å². The minimum Gasteiger partial charge on any atom is -0.311 e. The van der Waals surface area contributed by atoms with E-state index in [0.29, 0.717) is 0 Å². The van der Waals surface area contributed by atoms with Gasteiger partial charge in [-0.15, -0.1) is 0 Å². The quantitative estimate of drug-likeness (QED) is 0.806. The Bertz CT molecular complexity index is 317. The van der Waals surface area contributed by atoms with Crippen molar-refractivity contribution in [3.8, 4) is 0 Å². The maximum atomic E-state index is 3.66. The van der Waals surface area contributed by atoms with Gasteiger partial charge in [-0.1, -0.05) is 44.2 Å². The van der Waals surface area contributed by atoms with Crippen LogP contribution in [0.2, 0.25) is 0 Å². The van der Waals surface area contributed by atoms with Crippen molar-refractivity contribution >= 4 is 0 Å². The molecule has 0 aromatic heterocycles. The Balaban J connectivity index is 2.90. The first kappa shape index (κ1) is 14.2. The number of rotatable bonds is 5. The molecule has 1 nitrogen and oxygen atoms in total. The Kier molecular flexibility index (Phi) is 4.76. The molecule has 0 atom stereocenters. The van der Waals surface area contributed by atoms with Crippen LogP contribution in [0.3, 0.4) is 0 Å². The van der Waals surface area contributed by atoms with Crippen molar-refractivity contribution < 1.29 is 0 Å². The van der Waals surface area contributed by atoms with E-state index in [9.17, 15) is 0 Å². The zero-order valence-corrected chi connectivity index (χ0v) is 12.0. The maximum Gasteiger partial charge on any atom is 0.00968 e. The maximum absolute atomic E-state index is 3.66. The van der Waals surface area contributed by atoms with Crippen LogP contribution in [0.1, 0.15) is 53.0 Å². The SMILES string of the molecule is CCC(CC)(CNC(C)(C)C)c1ccccc1. The third kappa shape index (κ3) is 3.85. The summed E-state index contributed by atoms with van der Waals surface area (Å²) in [4.78, 5) is 0. The van der Waals surface area contributed by atoms with Gasteiger partial charge in [0.2, 0.25) is 0 Å². The molecule has 0 saturated carbocycles. The van der Waals surface area contributed by atoms with E-state index in [2.05, 4.69) is 70.3 Å². The third-order valence-corrected chi connectivity index (χ3v) is 3.70. The van der Waals surface area contributed by atoms with Crippen molar-refractivity contribution in [1.29, 1.82) is 0 Å². The fourth-order valence-electron chi connectivity index (χ4n) is 2.24. The number of nitrogens with one attached hydrogen (secondary N) is 1. The summed E-state index contributed by atoms with van der Waals surface area (Å²) in [7, 11) is 0. The summed E-state index contributed by atoms with van der Waals surface area (Å²) >= 11 is 0. The minimum atomic E-state index is 0.185. The molecule has 0 aliphatic carbocycles. The summed E-state index contributed by atoms with van der Waals surface area (Å²) < 4.78 is 0. The Labute approximate surface area is 107 Å². The van der Waals surface area contributed by atoms with Crippen LogP contribution in [0.5, 0.6) is 0 Å². The smallest absolute Gasteiger partial charge is 0.00968 e. The van der Waals surface area contributed by atoms with Gasteiger partial charge in [-0.25, -0.2) is 0 Å². The highest BCUT2D eigenvalue weighted by Crippen LogP contribution is 2.31. The molecule has 1 heteroatoms. The average molecular weight is 233 g/mol. The van der Waals surface area contributed by atoms with Gasteiger partial charge in [0.15, 0.2) is 0 Å². The first-order chi connectivity index (χ1) is 7.93. The second-order valence-electron chi connectivity index (χ2n) is 5.96. The lowest BCUT2D eigenvalue weighted by Gasteiger charge is -2.36. The zero-order valence-electron chi connectivity index (χ0n) is 12.0. The van der Waals surface area contributed by atoms with E-state index in [4.69, 9.17) is 0 Å². The van der Waals surface area contributed by atoms with E-state index >= 15 is 0 Å². The van der Waals surface area contributed by atoms with Crippen LogP contribution < -0.4 is 5.32 Å². The largest absolute Gasteiger partial charge is 0.311 e. The molecule has 0 unspecified atom stereocenters. The molecule has 0 saturated heterocycles. The molecule has 1 N–H and O–H groups in total. The van der Waals surface area contributed by atoms with Crippen molar-refractivity contribution in [1.82, 2.24) is 5.32 Å². The molecule has 0 aliphatic heterocycles. The Hall–Kier alpha value is -0.820. The van der Waals surface area contributed by atoms with Crippen molar-refractivity contribution in [2.45, 2.75) is 58.4 Å². The molecule has 0 spiro atoms. The monoisotopic (exact) mass is 233 g/mol. The van der Waals surface area contributed by atoms with Gasteiger partial charge >= 0.3 is 0 Å². The first-order valence-electron chi connectivity index (χ1n) is 6.74. The summed E-state index contributed by atoms with van der Waals surface area (Å²) in [6, 6.07) is 10.9. The molecule has 0 bridgehead atoms. The van der Waals surface area contributed by atoms with Crippen LogP contribution in [0.25, 0.3) is 0 Å². The molecule has 1 rings (SSSR count). The Morgan fingerprint density at radius 1 is 0.941 bits per heavy atom. The van der Waals surface area contributed by atoms with Crippen LogP contribution in [0.4, 0.5) is 0 Å². The second kappa shape index (κ2) is 5.68. The molecular weight excluding hydrogens is 206 g/mol. The van der Waals surface area contributed by atoms with Crippen molar-refractivity contribution in [3.05, 3.63) is 35.9 Å². The number of hydrogen-bond donors (Lipinski definition) is 1. The molecular formula is C16H27N. The number of benzene rings is 1. The van der Waals surface area contributed by atoms with Gasteiger partial charge in [-0.3, -0.25) is 0 Å². The topological polar surface area (TPSA) is 12.0 Å². The summed E-state index contributed by atoms with van der Waals surface area (Å²) in [6.07, 6.45) is 2.35. The number of hydrogen-bond acceptors (Lipinski definition) is 1. The Morgan fingerprint density at radius 3 is 1.88 bits per heavy atom. The van der Waals surface area contributed by atoms with Gasteiger partial charge in [-0.2, -0.15) is 0 Å². The summed E-state index contributed by atoms with van der Waals surface area (Å²) in [5, 5.41) is 3.66. The standard InChI is InChI=1S/C16H27N/c1-6-16(7-2,13-17-15(3,4)5)14-11-9-8-10-12-14/h8-12,17H,6-7,13H2,1-5H3. The summed E-state index contributed by atoms with van der Waals surface area (Å²) in [5.74, 6) is 0. The molecule has 0 aliphatic rings. The molecule has 1 aromatic rings. The molecule has 17 heavy (non-hydrogen) atoms. The normalized spacial score (nSPS) is 12.8. The fourth-order valence-corrected chi connectivity index (χ4v) is 2.24. The summed E-state index contributed by atoms with van der Waals surface area (Å²) in [5.41, 5.74) is 1.92. The highest BCUT2D eigenvalue weighted by atomic mass is 15.0. The van der Waals surface area contributed by atoms with E-state index in [1.807, 2.05) is 0 Å². The van der Waals surface area contributed by atoms with Gasteiger partial charge in [0.05, 0.1) is 0 Å².